The number of hydrogen-bond acceptors (Lipinski definition) is 2. The van der Waals surface area contributed by atoms with Gasteiger partial charge in [-0.2, -0.15) is 0 Å². The van der Waals surface area contributed by atoms with Crippen molar-refractivity contribution < 1.29 is 4.79 Å². The van der Waals surface area contributed by atoms with Crippen LogP contribution in [-0.4, -0.2) is 36.5 Å². The Morgan fingerprint density at radius 2 is 1.63 bits per heavy atom. The van der Waals surface area contributed by atoms with Gasteiger partial charge in [-0.3, -0.25) is 4.79 Å². The van der Waals surface area contributed by atoms with Gasteiger partial charge in [-0.15, -0.1) is 0 Å². The summed E-state index contributed by atoms with van der Waals surface area (Å²) in [5.41, 5.74) is -0.331. The number of hydrogen-bond donors (Lipinski definition) is 1. The molecule has 0 aromatic heterocycles. The van der Waals surface area contributed by atoms with Gasteiger partial charge >= 0.3 is 0 Å². The lowest BCUT2D eigenvalue weighted by Gasteiger charge is -2.50. The molecule has 0 aromatic carbocycles. The number of piperidine rings is 1. The summed E-state index contributed by atoms with van der Waals surface area (Å²) in [6, 6.07) is 0. The van der Waals surface area contributed by atoms with E-state index in [1.165, 1.54) is 0 Å². The van der Waals surface area contributed by atoms with E-state index < -0.39 is 0 Å². The van der Waals surface area contributed by atoms with Crippen LogP contribution in [0.1, 0.15) is 60.8 Å². The molecule has 0 aromatic rings. The van der Waals surface area contributed by atoms with Gasteiger partial charge in [0.15, 0.2) is 0 Å². The minimum absolute atomic E-state index is 0.0452. The molecule has 1 aliphatic heterocycles. The summed E-state index contributed by atoms with van der Waals surface area (Å²) in [5, 5.41) is 3.23. The van der Waals surface area contributed by atoms with E-state index in [-0.39, 0.29) is 22.3 Å². The van der Waals surface area contributed by atoms with Gasteiger partial charge in [0.05, 0.1) is 5.41 Å². The van der Waals surface area contributed by atoms with Crippen molar-refractivity contribution in [1.82, 2.24) is 10.2 Å². The standard InChI is InChI=1S/C16H32N2O/c1-8-15(5,6)16(9-11-18(7)12-10-16)13(19)17-14(2,3)4/h8-12H2,1-7H3,(H,17,19). The summed E-state index contributed by atoms with van der Waals surface area (Å²) < 4.78 is 0. The smallest absolute Gasteiger partial charge is 0.227 e. The zero-order valence-corrected chi connectivity index (χ0v) is 13.9. The van der Waals surface area contributed by atoms with Crippen LogP contribution >= 0.6 is 0 Å². The van der Waals surface area contributed by atoms with Crippen LogP contribution in [0.15, 0.2) is 0 Å². The summed E-state index contributed by atoms with van der Waals surface area (Å²) in [6.45, 7) is 14.9. The van der Waals surface area contributed by atoms with Gasteiger partial charge in [0.25, 0.3) is 0 Å². The summed E-state index contributed by atoms with van der Waals surface area (Å²) in [6.07, 6.45) is 2.97. The highest BCUT2D eigenvalue weighted by Gasteiger charge is 2.51. The number of carbonyl (C=O) groups is 1. The normalized spacial score (nSPS) is 21.2. The van der Waals surface area contributed by atoms with Crippen LogP contribution in [0, 0.1) is 10.8 Å². The molecule has 1 amide bonds. The molecule has 1 aliphatic rings. The van der Waals surface area contributed by atoms with Crippen LogP contribution in [0.4, 0.5) is 0 Å². The molecular formula is C16H32N2O. The Morgan fingerprint density at radius 1 is 1.16 bits per heavy atom. The van der Waals surface area contributed by atoms with Crippen LogP contribution < -0.4 is 5.32 Å². The fraction of sp³-hybridized carbons (Fsp3) is 0.938. The first kappa shape index (κ1) is 16.5. The molecule has 19 heavy (non-hydrogen) atoms. The van der Waals surface area contributed by atoms with Gasteiger partial charge in [-0.05, 0) is 65.6 Å². The van der Waals surface area contributed by atoms with Gasteiger partial charge in [-0.25, -0.2) is 0 Å². The van der Waals surface area contributed by atoms with E-state index in [1.54, 1.807) is 0 Å². The maximum atomic E-state index is 12.9. The Balaban J connectivity index is 3.03. The van der Waals surface area contributed by atoms with Crippen LogP contribution in [0.2, 0.25) is 0 Å². The molecule has 0 radical (unpaired) electrons. The van der Waals surface area contributed by atoms with Gasteiger partial charge in [-0.1, -0.05) is 20.8 Å². The average molecular weight is 268 g/mol. The molecule has 1 heterocycles. The predicted molar refractivity (Wildman–Crippen MR) is 81.1 cm³/mol. The summed E-state index contributed by atoms with van der Waals surface area (Å²) >= 11 is 0. The predicted octanol–water partition coefficient (Wildman–Crippen LogP) is 3.05. The largest absolute Gasteiger partial charge is 0.351 e. The molecule has 1 saturated heterocycles. The Labute approximate surface area is 119 Å². The first-order valence-electron chi connectivity index (χ1n) is 7.55. The first-order chi connectivity index (χ1) is 8.54. The van der Waals surface area contributed by atoms with Gasteiger partial charge in [0.1, 0.15) is 0 Å². The molecule has 1 rings (SSSR count). The Morgan fingerprint density at radius 3 is 2.00 bits per heavy atom. The lowest BCUT2D eigenvalue weighted by Crippen LogP contribution is -2.58. The first-order valence-corrected chi connectivity index (χ1v) is 7.55. The molecule has 3 heteroatoms. The zero-order valence-electron chi connectivity index (χ0n) is 13.9. The van der Waals surface area contributed by atoms with Crippen LogP contribution in [0.25, 0.3) is 0 Å². The van der Waals surface area contributed by atoms with E-state index in [9.17, 15) is 4.79 Å². The van der Waals surface area contributed by atoms with Crippen molar-refractivity contribution in [2.75, 3.05) is 20.1 Å². The van der Waals surface area contributed by atoms with E-state index in [0.29, 0.717) is 0 Å². The highest BCUT2D eigenvalue weighted by Crippen LogP contribution is 2.49. The average Bonchev–Trinajstić information content (AvgIpc) is 2.27. The Hall–Kier alpha value is -0.570. The molecule has 0 saturated carbocycles. The molecule has 112 valence electrons. The minimum Gasteiger partial charge on any atom is -0.351 e. The molecule has 0 spiro atoms. The van der Waals surface area contributed by atoms with E-state index in [1.807, 2.05) is 0 Å². The second-order valence-electron chi connectivity index (χ2n) is 7.83. The number of carbonyl (C=O) groups excluding carboxylic acids is 1. The summed E-state index contributed by atoms with van der Waals surface area (Å²) in [7, 11) is 2.14. The molecule has 1 fully saturated rings. The Bertz CT molecular complexity index is 320. The van der Waals surface area contributed by atoms with Crippen molar-refractivity contribution >= 4 is 5.91 Å². The highest BCUT2D eigenvalue weighted by atomic mass is 16.2. The van der Waals surface area contributed by atoms with Crippen molar-refractivity contribution in [2.24, 2.45) is 10.8 Å². The van der Waals surface area contributed by atoms with E-state index in [2.05, 4.69) is 58.8 Å². The van der Waals surface area contributed by atoms with Crippen LogP contribution in [0.5, 0.6) is 0 Å². The number of nitrogens with one attached hydrogen (secondary N) is 1. The number of likely N-dealkylation sites (tertiary alicyclic amines) is 1. The van der Waals surface area contributed by atoms with Crippen molar-refractivity contribution in [1.29, 1.82) is 0 Å². The monoisotopic (exact) mass is 268 g/mol. The fourth-order valence-electron chi connectivity index (χ4n) is 3.01. The van der Waals surface area contributed by atoms with E-state index in [4.69, 9.17) is 0 Å². The maximum absolute atomic E-state index is 12.9. The lowest BCUT2D eigenvalue weighted by atomic mass is 9.58. The highest BCUT2D eigenvalue weighted by molar-refractivity contribution is 5.84. The molecule has 0 aliphatic carbocycles. The third kappa shape index (κ3) is 3.50. The zero-order chi connectivity index (χ0) is 14.9. The van der Waals surface area contributed by atoms with Crippen molar-refractivity contribution in [3.05, 3.63) is 0 Å². The SMILES string of the molecule is CCC(C)(C)C1(C(=O)NC(C)(C)C)CCN(C)CC1. The second kappa shape index (κ2) is 5.43. The maximum Gasteiger partial charge on any atom is 0.227 e. The van der Waals surface area contributed by atoms with E-state index in [0.717, 1.165) is 32.4 Å². The van der Waals surface area contributed by atoms with Gasteiger partial charge in [0, 0.05) is 5.54 Å². The van der Waals surface area contributed by atoms with E-state index >= 15 is 0 Å². The molecule has 0 bridgehead atoms. The number of amides is 1. The minimum atomic E-state index is -0.221. The summed E-state index contributed by atoms with van der Waals surface area (Å²) in [5.74, 6) is 0.250. The summed E-state index contributed by atoms with van der Waals surface area (Å²) in [4.78, 5) is 15.2. The molecule has 3 nitrogen and oxygen atoms in total. The van der Waals surface area contributed by atoms with Crippen LogP contribution in [0.3, 0.4) is 0 Å². The third-order valence-corrected chi connectivity index (χ3v) is 4.94. The van der Waals surface area contributed by atoms with Gasteiger partial charge in [0.2, 0.25) is 5.91 Å². The lowest BCUT2D eigenvalue weighted by molar-refractivity contribution is -0.145. The second-order valence-corrected chi connectivity index (χ2v) is 7.83. The van der Waals surface area contributed by atoms with Gasteiger partial charge < -0.3 is 10.2 Å². The van der Waals surface area contributed by atoms with Crippen LogP contribution in [-0.2, 0) is 4.79 Å². The molecule has 0 atom stereocenters. The molecule has 1 N–H and O–H groups in total. The van der Waals surface area contributed by atoms with Crippen molar-refractivity contribution in [3.63, 3.8) is 0 Å². The Kier molecular flexibility index (Phi) is 4.71. The topological polar surface area (TPSA) is 32.3 Å². The fourth-order valence-corrected chi connectivity index (χ4v) is 3.01. The number of nitrogens with zero attached hydrogens (tertiary/aromatic N) is 1. The van der Waals surface area contributed by atoms with Crippen molar-refractivity contribution in [3.8, 4) is 0 Å². The van der Waals surface area contributed by atoms with Crippen molar-refractivity contribution in [2.45, 2.75) is 66.3 Å². The quantitative estimate of drug-likeness (QED) is 0.853. The third-order valence-electron chi connectivity index (χ3n) is 4.94. The molecular weight excluding hydrogens is 236 g/mol. The number of rotatable bonds is 3. The molecule has 0 unspecified atom stereocenters.